The second-order valence-corrected chi connectivity index (χ2v) is 10.1. The Morgan fingerprint density at radius 2 is 1.82 bits per heavy atom. The van der Waals surface area contributed by atoms with E-state index in [2.05, 4.69) is 59.4 Å². The lowest BCUT2D eigenvalue weighted by Gasteiger charge is -2.19. The van der Waals surface area contributed by atoms with Gasteiger partial charge >= 0.3 is 0 Å². The van der Waals surface area contributed by atoms with Crippen LogP contribution in [-0.2, 0) is 23.2 Å². The number of nitrogens with one attached hydrogen (secondary N) is 1. The van der Waals surface area contributed by atoms with Crippen molar-refractivity contribution in [1.82, 2.24) is 5.43 Å². The second kappa shape index (κ2) is 11.5. The van der Waals surface area contributed by atoms with E-state index in [1.54, 1.807) is 19.4 Å². The van der Waals surface area contributed by atoms with E-state index in [0.717, 1.165) is 16.7 Å². The molecule has 178 valence electrons. The van der Waals surface area contributed by atoms with E-state index in [9.17, 15) is 4.79 Å². The summed E-state index contributed by atoms with van der Waals surface area (Å²) in [7, 11) is 1.57. The maximum atomic E-state index is 12.3. The van der Waals surface area contributed by atoms with Crippen LogP contribution in [0.3, 0.4) is 0 Å². The molecule has 1 N–H and O–H groups in total. The van der Waals surface area contributed by atoms with Crippen LogP contribution in [0, 0.1) is 0 Å². The third-order valence-corrected chi connectivity index (χ3v) is 6.13. The van der Waals surface area contributed by atoms with Crippen molar-refractivity contribution in [2.75, 3.05) is 7.11 Å². The van der Waals surface area contributed by atoms with Gasteiger partial charge < -0.3 is 9.47 Å². The van der Waals surface area contributed by atoms with Gasteiger partial charge in [-0.15, -0.1) is 0 Å². The molecule has 0 aliphatic heterocycles. The van der Waals surface area contributed by atoms with Crippen LogP contribution in [0.25, 0.3) is 0 Å². The number of carbonyl (C=O) groups is 1. The molecule has 34 heavy (non-hydrogen) atoms. The van der Waals surface area contributed by atoms with Gasteiger partial charge in [0.1, 0.15) is 6.61 Å². The molecular weight excluding hydrogens is 516 g/mol. The summed E-state index contributed by atoms with van der Waals surface area (Å²) < 4.78 is 12.1. The van der Waals surface area contributed by atoms with Crippen LogP contribution in [0.5, 0.6) is 11.5 Å². The van der Waals surface area contributed by atoms with Gasteiger partial charge in [0.05, 0.1) is 24.2 Å². The van der Waals surface area contributed by atoms with Gasteiger partial charge in [-0.25, -0.2) is 5.43 Å². The molecule has 0 spiro atoms. The van der Waals surface area contributed by atoms with E-state index < -0.39 is 0 Å². The number of halogens is 2. The van der Waals surface area contributed by atoms with Crippen LogP contribution in [0.2, 0.25) is 5.02 Å². The minimum atomic E-state index is -0.189. The summed E-state index contributed by atoms with van der Waals surface area (Å²) in [6.07, 6.45) is 1.81. The molecule has 0 atom stereocenters. The van der Waals surface area contributed by atoms with E-state index >= 15 is 0 Å². The van der Waals surface area contributed by atoms with Crippen molar-refractivity contribution in [3.05, 3.63) is 92.4 Å². The molecule has 5 nitrogen and oxygen atoms in total. The number of rotatable bonds is 8. The molecule has 3 aromatic carbocycles. The molecule has 0 aliphatic rings. The Labute approximate surface area is 214 Å². The van der Waals surface area contributed by atoms with E-state index in [1.165, 1.54) is 5.56 Å². The predicted octanol–water partition coefficient (Wildman–Crippen LogP) is 6.68. The Kier molecular flexibility index (Phi) is 8.75. The number of amides is 1. The van der Waals surface area contributed by atoms with Gasteiger partial charge in [0, 0.05) is 10.6 Å². The molecule has 0 saturated heterocycles. The zero-order valence-corrected chi connectivity index (χ0v) is 22.0. The zero-order valence-electron chi connectivity index (χ0n) is 19.7. The number of hydrazone groups is 1. The quantitative estimate of drug-likeness (QED) is 0.255. The van der Waals surface area contributed by atoms with Gasteiger partial charge in [-0.2, -0.15) is 5.10 Å². The van der Waals surface area contributed by atoms with Crippen LogP contribution < -0.4 is 14.9 Å². The largest absolute Gasteiger partial charge is 0.493 e. The zero-order chi connectivity index (χ0) is 24.7. The van der Waals surface area contributed by atoms with Crippen LogP contribution in [0.4, 0.5) is 0 Å². The summed E-state index contributed by atoms with van der Waals surface area (Å²) in [5.41, 5.74) is 6.44. The Hall–Kier alpha value is -2.83. The maximum absolute atomic E-state index is 12.3. The van der Waals surface area contributed by atoms with Crippen molar-refractivity contribution < 1.29 is 14.3 Å². The van der Waals surface area contributed by atoms with Gasteiger partial charge in [-0.05, 0) is 56.2 Å². The van der Waals surface area contributed by atoms with Gasteiger partial charge in [0.2, 0.25) is 5.91 Å². The summed E-state index contributed by atoms with van der Waals surface area (Å²) in [5.74, 6) is 0.904. The summed E-state index contributed by atoms with van der Waals surface area (Å²) in [5, 5.41) is 4.73. The first-order chi connectivity index (χ1) is 16.2. The van der Waals surface area contributed by atoms with Gasteiger partial charge in [0.15, 0.2) is 11.5 Å². The Morgan fingerprint density at radius 3 is 2.47 bits per heavy atom. The number of hydrogen-bond donors (Lipinski definition) is 1. The highest BCUT2D eigenvalue weighted by Crippen LogP contribution is 2.37. The molecule has 0 saturated carbocycles. The van der Waals surface area contributed by atoms with Crippen molar-refractivity contribution in [2.45, 2.75) is 39.2 Å². The lowest BCUT2D eigenvalue weighted by atomic mass is 9.86. The Morgan fingerprint density at radius 1 is 1.12 bits per heavy atom. The number of hydrogen-bond acceptors (Lipinski definition) is 4. The van der Waals surface area contributed by atoms with Gasteiger partial charge in [-0.1, -0.05) is 74.8 Å². The van der Waals surface area contributed by atoms with Crippen LogP contribution in [-0.4, -0.2) is 19.2 Å². The second-order valence-electron chi connectivity index (χ2n) is 8.83. The first-order valence-corrected chi connectivity index (χ1v) is 12.0. The van der Waals surface area contributed by atoms with E-state index in [4.69, 9.17) is 21.1 Å². The number of nitrogens with zero attached hydrogens (tertiary/aromatic N) is 1. The van der Waals surface area contributed by atoms with Crippen LogP contribution in [0.1, 0.15) is 43.0 Å². The molecule has 0 heterocycles. The lowest BCUT2D eigenvalue weighted by molar-refractivity contribution is -0.120. The molecular formula is C27H28BrClN2O3. The fourth-order valence-corrected chi connectivity index (χ4v) is 4.01. The number of carbonyl (C=O) groups excluding carboxylic acids is 1. The van der Waals surface area contributed by atoms with E-state index in [-0.39, 0.29) is 17.7 Å². The Balaban J connectivity index is 1.61. The number of benzene rings is 3. The van der Waals surface area contributed by atoms with E-state index in [0.29, 0.717) is 27.6 Å². The molecule has 0 unspecified atom stereocenters. The van der Waals surface area contributed by atoms with Crippen molar-refractivity contribution in [1.29, 1.82) is 0 Å². The molecule has 1 amide bonds. The summed E-state index contributed by atoms with van der Waals surface area (Å²) in [4.78, 5) is 12.3. The highest BCUT2D eigenvalue weighted by Gasteiger charge is 2.14. The average Bonchev–Trinajstić information content (AvgIpc) is 2.79. The molecule has 0 fully saturated rings. The molecule has 0 aromatic heterocycles. The molecule has 3 aromatic rings. The molecule has 0 aliphatic carbocycles. The maximum Gasteiger partial charge on any atom is 0.244 e. The smallest absolute Gasteiger partial charge is 0.244 e. The van der Waals surface area contributed by atoms with Crippen molar-refractivity contribution >= 4 is 39.7 Å². The monoisotopic (exact) mass is 542 g/mol. The third-order valence-electron chi connectivity index (χ3n) is 5.17. The summed E-state index contributed by atoms with van der Waals surface area (Å²) in [6.45, 7) is 6.78. The SMILES string of the molecule is COc1cc(/C=N\NC(=O)Cc2ccc(C(C)(C)C)cc2)cc(Br)c1OCc1ccccc1Cl. The minimum Gasteiger partial charge on any atom is -0.493 e. The fourth-order valence-electron chi connectivity index (χ4n) is 3.25. The lowest BCUT2D eigenvalue weighted by Crippen LogP contribution is -2.20. The Bertz CT molecular complexity index is 1170. The number of methoxy groups -OCH3 is 1. The van der Waals surface area contributed by atoms with Gasteiger partial charge in [0.25, 0.3) is 0 Å². The topological polar surface area (TPSA) is 59.9 Å². The fraction of sp³-hybridized carbons (Fsp3) is 0.259. The van der Waals surface area contributed by atoms with E-state index in [1.807, 2.05) is 42.5 Å². The van der Waals surface area contributed by atoms with Gasteiger partial charge in [-0.3, -0.25) is 4.79 Å². The first-order valence-electron chi connectivity index (χ1n) is 10.8. The van der Waals surface area contributed by atoms with Crippen molar-refractivity contribution in [3.63, 3.8) is 0 Å². The summed E-state index contributed by atoms with van der Waals surface area (Å²) in [6, 6.07) is 19.2. The number of ether oxygens (including phenoxy) is 2. The first kappa shape index (κ1) is 25.8. The van der Waals surface area contributed by atoms with Crippen LogP contribution >= 0.6 is 27.5 Å². The molecule has 0 radical (unpaired) electrons. The third kappa shape index (κ3) is 7.08. The highest BCUT2D eigenvalue weighted by atomic mass is 79.9. The highest BCUT2D eigenvalue weighted by molar-refractivity contribution is 9.10. The standard InChI is InChI=1S/C27H28BrClN2O3/c1-27(2,3)21-11-9-18(10-12-21)15-25(32)31-30-16-19-13-22(28)26(24(14-19)33-4)34-17-20-7-5-6-8-23(20)29/h5-14,16H,15,17H2,1-4H3,(H,31,32)/b30-16-. The normalized spacial score (nSPS) is 11.5. The predicted molar refractivity (Wildman–Crippen MR) is 141 cm³/mol. The summed E-state index contributed by atoms with van der Waals surface area (Å²) >= 11 is 9.74. The molecule has 0 bridgehead atoms. The van der Waals surface area contributed by atoms with Crippen LogP contribution in [0.15, 0.2) is 70.2 Å². The molecule has 7 heteroatoms. The minimum absolute atomic E-state index is 0.0790. The van der Waals surface area contributed by atoms with Crippen molar-refractivity contribution in [3.8, 4) is 11.5 Å². The van der Waals surface area contributed by atoms with Crippen molar-refractivity contribution in [2.24, 2.45) is 5.10 Å². The molecule has 3 rings (SSSR count). The average molecular weight is 544 g/mol.